The number of hydrogen-bond acceptors (Lipinski definition) is 6. The molecule has 0 unspecified atom stereocenters. The number of aliphatic hydroxyl groups is 2. The van der Waals surface area contributed by atoms with Crippen LogP contribution in [0.4, 0.5) is 11.6 Å². The van der Waals surface area contributed by atoms with Crippen LogP contribution in [-0.2, 0) is 6.42 Å². The van der Waals surface area contributed by atoms with Gasteiger partial charge in [0, 0.05) is 12.1 Å². The van der Waals surface area contributed by atoms with Gasteiger partial charge in [0.2, 0.25) is 0 Å². The second kappa shape index (κ2) is 7.84. The summed E-state index contributed by atoms with van der Waals surface area (Å²) in [6.07, 6.45) is 3.30. The Morgan fingerprint density at radius 2 is 1.83 bits per heavy atom. The van der Waals surface area contributed by atoms with Gasteiger partial charge in [-0.1, -0.05) is 13.3 Å². The summed E-state index contributed by atoms with van der Waals surface area (Å²) in [7, 11) is 0. The third-order valence-corrected chi connectivity index (χ3v) is 2.57. The Balaban J connectivity index is 2.97. The molecule has 18 heavy (non-hydrogen) atoms. The van der Waals surface area contributed by atoms with Crippen LogP contribution >= 0.6 is 0 Å². The number of nitrogens with one attached hydrogen (secondary N) is 2. The van der Waals surface area contributed by atoms with Crippen molar-refractivity contribution in [2.45, 2.75) is 32.7 Å². The Kier molecular flexibility index (Phi) is 6.38. The zero-order valence-electron chi connectivity index (χ0n) is 11.0. The van der Waals surface area contributed by atoms with Crippen LogP contribution < -0.4 is 10.6 Å². The molecule has 1 aromatic heterocycles. The average Bonchev–Trinajstić information content (AvgIpc) is 2.39. The number of aromatic nitrogens is 2. The van der Waals surface area contributed by atoms with E-state index in [4.69, 9.17) is 10.2 Å². The van der Waals surface area contributed by atoms with Gasteiger partial charge in [-0.3, -0.25) is 0 Å². The number of aliphatic hydroxyl groups excluding tert-OH is 2. The molecule has 6 heteroatoms. The summed E-state index contributed by atoms with van der Waals surface area (Å²) in [6, 6.07) is -0.398. The number of hydrogen-bond donors (Lipinski definition) is 4. The second-order valence-corrected chi connectivity index (χ2v) is 4.04. The normalized spacial score (nSPS) is 10.7. The van der Waals surface area contributed by atoms with Gasteiger partial charge in [-0.25, -0.2) is 9.97 Å². The maximum absolute atomic E-state index is 9.10. The fourth-order valence-electron chi connectivity index (χ4n) is 1.69. The van der Waals surface area contributed by atoms with Crippen LogP contribution in [0.5, 0.6) is 0 Å². The molecule has 1 aromatic rings. The van der Waals surface area contributed by atoms with Gasteiger partial charge in [0.1, 0.15) is 18.0 Å². The molecule has 0 aliphatic carbocycles. The Morgan fingerprint density at radius 1 is 1.17 bits per heavy atom. The van der Waals surface area contributed by atoms with Gasteiger partial charge in [0.25, 0.3) is 0 Å². The first kappa shape index (κ1) is 14.7. The summed E-state index contributed by atoms with van der Waals surface area (Å²) in [6.45, 7) is 4.61. The van der Waals surface area contributed by atoms with Crippen molar-refractivity contribution in [2.75, 3.05) is 30.4 Å². The minimum Gasteiger partial charge on any atom is -0.394 e. The second-order valence-electron chi connectivity index (χ2n) is 4.04. The molecule has 0 aliphatic rings. The fourth-order valence-corrected chi connectivity index (χ4v) is 1.69. The quantitative estimate of drug-likeness (QED) is 0.544. The molecule has 0 amide bonds. The van der Waals surface area contributed by atoms with Gasteiger partial charge in [0.15, 0.2) is 0 Å². The van der Waals surface area contributed by atoms with Crippen LogP contribution in [0.2, 0.25) is 0 Å². The smallest absolute Gasteiger partial charge is 0.135 e. The SMILES string of the molecule is CCCc1c(NCC)ncnc1NC(CO)CO. The van der Waals surface area contributed by atoms with Crippen molar-refractivity contribution in [3.05, 3.63) is 11.9 Å². The molecule has 0 atom stereocenters. The monoisotopic (exact) mass is 254 g/mol. The van der Waals surface area contributed by atoms with Gasteiger partial charge in [0.05, 0.1) is 19.3 Å². The van der Waals surface area contributed by atoms with Crippen molar-refractivity contribution in [3.8, 4) is 0 Å². The molecule has 0 spiro atoms. The molecule has 0 aliphatic heterocycles. The molecule has 0 saturated heterocycles. The lowest BCUT2D eigenvalue weighted by atomic mass is 10.1. The lowest BCUT2D eigenvalue weighted by Gasteiger charge is -2.18. The highest BCUT2D eigenvalue weighted by Crippen LogP contribution is 2.22. The maximum Gasteiger partial charge on any atom is 0.135 e. The minimum absolute atomic E-state index is 0.136. The summed E-state index contributed by atoms with van der Waals surface area (Å²) in [4.78, 5) is 8.41. The number of anilines is 2. The van der Waals surface area contributed by atoms with Crippen molar-refractivity contribution in [1.82, 2.24) is 9.97 Å². The first-order valence-corrected chi connectivity index (χ1v) is 6.32. The summed E-state index contributed by atoms with van der Waals surface area (Å²) in [5.41, 5.74) is 0.994. The van der Waals surface area contributed by atoms with Crippen LogP contribution in [0, 0.1) is 0 Å². The first-order chi connectivity index (χ1) is 8.76. The standard InChI is InChI=1S/C12H22N4O2/c1-3-5-10-11(13-4-2)14-8-15-12(10)16-9(6-17)7-18/h8-9,17-18H,3-7H2,1-2H3,(H2,13,14,15,16). The lowest BCUT2D eigenvalue weighted by Crippen LogP contribution is -2.29. The van der Waals surface area contributed by atoms with Crippen molar-refractivity contribution in [1.29, 1.82) is 0 Å². The van der Waals surface area contributed by atoms with Crippen molar-refractivity contribution in [2.24, 2.45) is 0 Å². The van der Waals surface area contributed by atoms with Gasteiger partial charge in [-0.2, -0.15) is 0 Å². The van der Waals surface area contributed by atoms with Crippen LogP contribution in [0.1, 0.15) is 25.8 Å². The summed E-state index contributed by atoms with van der Waals surface area (Å²) >= 11 is 0. The van der Waals surface area contributed by atoms with E-state index in [1.165, 1.54) is 6.33 Å². The topological polar surface area (TPSA) is 90.3 Å². The van der Waals surface area contributed by atoms with Crippen LogP contribution in [0.15, 0.2) is 6.33 Å². The Bertz CT molecular complexity index is 356. The van der Waals surface area contributed by atoms with Gasteiger partial charge in [-0.15, -0.1) is 0 Å². The lowest BCUT2D eigenvalue weighted by molar-refractivity contribution is 0.203. The summed E-state index contributed by atoms with van der Waals surface area (Å²) in [5.74, 6) is 1.49. The molecule has 0 bridgehead atoms. The van der Waals surface area contributed by atoms with Crippen molar-refractivity contribution in [3.63, 3.8) is 0 Å². The van der Waals surface area contributed by atoms with Crippen LogP contribution in [-0.4, -0.2) is 46.0 Å². The third kappa shape index (κ3) is 3.82. The predicted octanol–water partition coefficient (Wildman–Crippen LogP) is 0.626. The highest BCUT2D eigenvalue weighted by molar-refractivity contribution is 5.57. The molecule has 1 rings (SSSR count). The predicted molar refractivity (Wildman–Crippen MR) is 71.8 cm³/mol. The molecule has 1 heterocycles. The van der Waals surface area contributed by atoms with Crippen molar-refractivity contribution >= 4 is 11.6 Å². The highest BCUT2D eigenvalue weighted by atomic mass is 16.3. The van der Waals surface area contributed by atoms with E-state index in [-0.39, 0.29) is 13.2 Å². The van der Waals surface area contributed by atoms with E-state index in [9.17, 15) is 0 Å². The molecule has 6 nitrogen and oxygen atoms in total. The van der Waals surface area contributed by atoms with E-state index < -0.39 is 6.04 Å². The van der Waals surface area contributed by atoms with Crippen molar-refractivity contribution < 1.29 is 10.2 Å². The summed E-state index contributed by atoms with van der Waals surface area (Å²) in [5, 5.41) is 24.4. The molecule has 0 saturated carbocycles. The van der Waals surface area contributed by atoms with E-state index in [0.29, 0.717) is 5.82 Å². The van der Waals surface area contributed by atoms with E-state index in [1.807, 2.05) is 6.92 Å². The van der Waals surface area contributed by atoms with E-state index in [2.05, 4.69) is 27.5 Å². The minimum atomic E-state index is -0.398. The molecular weight excluding hydrogens is 232 g/mol. The molecule has 4 N–H and O–H groups in total. The number of nitrogens with zero attached hydrogens (tertiary/aromatic N) is 2. The van der Waals surface area contributed by atoms with Crippen LogP contribution in [0.25, 0.3) is 0 Å². The van der Waals surface area contributed by atoms with Gasteiger partial charge >= 0.3 is 0 Å². The summed E-state index contributed by atoms with van der Waals surface area (Å²) < 4.78 is 0. The highest BCUT2D eigenvalue weighted by Gasteiger charge is 2.13. The van der Waals surface area contributed by atoms with Gasteiger partial charge < -0.3 is 20.8 Å². The fraction of sp³-hybridized carbons (Fsp3) is 0.667. The zero-order valence-corrected chi connectivity index (χ0v) is 11.0. The first-order valence-electron chi connectivity index (χ1n) is 6.32. The van der Waals surface area contributed by atoms with Gasteiger partial charge in [-0.05, 0) is 13.3 Å². The third-order valence-electron chi connectivity index (χ3n) is 2.57. The largest absolute Gasteiger partial charge is 0.394 e. The average molecular weight is 254 g/mol. The van der Waals surface area contributed by atoms with E-state index in [0.717, 1.165) is 30.8 Å². The van der Waals surface area contributed by atoms with Crippen LogP contribution in [0.3, 0.4) is 0 Å². The zero-order chi connectivity index (χ0) is 13.4. The maximum atomic E-state index is 9.10. The van der Waals surface area contributed by atoms with E-state index >= 15 is 0 Å². The molecular formula is C12H22N4O2. The Hall–Kier alpha value is -1.40. The number of rotatable bonds is 8. The molecule has 0 radical (unpaired) electrons. The van der Waals surface area contributed by atoms with E-state index in [1.54, 1.807) is 0 Å². The molecule has 102 valence electrons. The Morgan fingerprint density at radius 3 is 2.39 bits per heavy atom. The molecule has 0 fully saturated rings. The Labute approximate surface area is 107 Å². The molecule has 0 aromatic carbocycles.